The average molecular weight is 291 g/mol. The first-order valence-corrected chi connectivity index (χ1v) is 7.62. The van der Waals surface area contributed by atoms with Crippen molar-refractivity contribution in [2.45, 2.75) is 27.2 Å². The SMILES string of the molecule is Cc1cc(C)cc(OCCCN2C[C@@H](C)[C@H](C(=O)O)C2)c1. The lowest BCUT2D eigenvalue weighted by atomic mass is 9.99. The second kappa shape index (κ2) is 6.94. The number of rotatable bonds is 6. The summed E-state index contributed by atoms with van der Waals surface area (Å²) in [7, 11) is 0. The summed E-state index contributed by atoms with van der Waals surface area (Å²) < 4.78 is 5.79. The topological polar surface area (TPSA) is 49.8 Å². The molecule has 116 valence electrons. The van der Waals surface area contributed by atoms with Gasteiger partial charge in [0.25, 0.3) is 0 Å². The van der Waals surface area contributed by atoms with Crippen LogP contribution in [0.25, 0.3) is 0 Å². The fourth-order valence-electron chi connectivity index (χ4n) is 3.07. The van der Waals surface area contributed by atoms with Crippen molar-refractivity contribution in [3.63, 3.8) is 0 Å². The van der Waals surface area contributed by atoms with E-state index in [4.69, 9.17) is 9.84 Å². The first kappa shape index (κ1) is 15.8. The van der Waals surface area contributed by atoms with Crippen LogP contribution < -0.4 is 4.74 Å². The molecule has 0 aromatic heterocycles. The lowest BCUT2D eigenvalue weighted by molar-refractivity contribution is -0.142. The lowest BCUT2D eigenvalue weighted by Crippen LogP contribution is -2.25. The minimum atomic E-state index is -0.670. The van der Waals surface area contributed by atoms with Crippen LogP contribution in [0.2, 0.25) is 0 Å². The monoisotopic (exact) mass is 291 g/mol. The van der Waals surface area contributed by atoms with E-state index in [9.17, 15) is 4.79 Å². The van der Waals surface area contributed by atoms with Gasteiger partial charge in [-0.15, -0.1) is 0 Å². The maximum Gasteiger partial charge on any atom is 0.308 e. The number of carbonyl (C=O) groups is 1. The molecule has 0 unspecified atom stereocenters. The first-order valence-electron chi connectivity index (χ1n) is 7.62. The Bertz CT molecular complexity index is 481. The van der Waals surface area contributed by atoms with E-state index in [1.807, 2.05) is 19.1 Å². The van der Waals surface area contributed by atoms with Crippen LogP contribution in [0.3, 0.4) is 0 Å². The van der Waals surface area contributed by atoms with E-state index in [-0.39, 0.29) is 11.8 Å². The minimum Gasteiger partial charge on any atom is -0.494 e. The molecule has 1 fully saturated rings. The van der Waals surface area contributed by atoms with Crippen LogP contribution in [-0.2, 0) is 4.79 Å². The molecule has 1 aliphatic heterocycles. The number of carboxylic acid groups (broad SMARTS) is 1. The Morgan fingerprint density at radius 1 is 1.29 bits per heavy atom. The summed E-state index contributed by atoms with van der Waals surface area (Å²) in [4.78, 5) is 13.3. The lowest BCUT2D eigenvalue weighted by Gasteiger charge is -2.15. The number of hydrogen-bond acceptors (Lipinski definition) is 3. The third-order valence-electron chi connectivity index (χ3n) is 4.09. The van der Waals surface area contributed by atoms with Crippen LogP contribution in [0.1, 0.15) is 24.5 Å². The molecule has 0 saturated carbocycles. The normalized spacial score (nSPS) is 22.4. The smallest absolute Gasteiger partial charge is 0.308 e. The van der Waals surface area contributed by atoms with Gasteiger partial charge in [-0.3, -0.25) is 4.79 Å². The fourth-order valence-corrected chi connectivity index (χ4v) is 3.07. The fraction of sp³-hybridized carbons (Fsp3) is 0.588. The van der Waals surface area contributed by atoms with Gasteiger partial charge in [0.15, 0.2) is 0 Å². The van der Waals surface area contributed by atoms with Crippen LogP contribution in [0, 0.1) is 25.7 Å². The largest absolute Gasteiger partial charge is 0.494 e. The molecule has 4 nitrogen and oxygen atoms in total. The molecular weight excluding hydrogens is 266 g/mol. The van der Waals surface area contributed by atoms with Crippen molar-refractivity contribution in [3.8, 4) is 5.75 Å². The Balaban J connectivity index is 1.72. The molecule has 1 aromatic rings. The molecule has 2 rings (SSSR count). The summed E-state index contributed by atoms with van der Waals surface area (Å²) in [5, 5.41) is 9.12. The van der Waals surface area contributed by atoms with Gasteiger partial charge in [-0.05, 0) is 49.4 Å². The summed E-state index contributed by atoms with van der Waals surface area (Å²) in [6, 6.07) is 6.22. The zero-order valence-corrected chi connectivity index (χ0v) is 13.1. The maximum absolute atomic E-state index is 11.1. The van der Waals surface area contributed by atoms with Gasteiger partial charge < -0.3 is 14.7 Å². The van der Waals surface area contributed by atoms with E-state index in [0.29, 0.717) is 13.2 Å². The molecule has 0 aliphatic carbocycles. The molecule has 2 atom stereocenters. The molecule has 1 aromatic carbocycles. The maximum atomic E-state index is 11.1. The van der Waals surface area contributed by atoms with Crippen LogP contribution in [0.4, 0.5) is 0 Å². The predicted octanol–water partition coefficient (Wildman–Crippen LogP) is 2.72. The molecule has 1 heterocycles. The van der Waals surface area contributed by atoms with Gasteiger partial charge in [-0.1, -0.05) is 13.0 Å². The average Bonchev–Trinajstić information content (AvgIpc) is 2.75. The van der Waals surface area contributed by atoms with Crippen molar-refractivity contribution in [1.29, 1.82) is 0 Å². The molecule has 1 N–H and O–H groups in total. The minimum absolute atomic E-state index is 0.217. The van der Waals surface area contributed by atoms with E-state index >= 15 is 0 Å². The van der Waals surface area contributed by atoms with Crippen molar-refractivity contribution in [3.05, 3.63) is 29.3 Å². The Labute approximate surface area is 126 Å². The predicted molar refractivity (Wildman–Crippen MR) is 82.8 cm³/mol. The highest BCUT2D eigenvalue weighted by Gasteiger charge is 2.34. The first-order chi connectivity index (χ1) is 9.95. The summed E-state index contributed by atoms with van der Waals surface area (Å²) in [5.74, 6) is 0.273. The number of aryl methyl sites for hydroxylation is 2. The molecule has 21 heavy (non-hydrogen) atoms. The van der Waals surface area contributed by atoms with E-state index < -0.39 is 5.97 Å². The Morgan fingerprint density at radius 3 is 2.52 bits per heavy atom. The van der Waals surface area contributed by atoms with Crippen molar-refractivity contribution >= 4 is 5.97 Å². The molecular formula is C17H25NO3. The van der Waals surface area contributed by atoms with E-state index in [0.717, 1.165) is 25.3 Å². The zero-order chi connectivity index (χ0) is 15.4. The van der Waals surface area contributed by atoms with Gasteiger partial charge in [-0.2, -0.15) is 0 Å². The van der Waals surface area contributed by atoms with Crippen molar-refractivity contribution < 1.29 is 14.6 Å². The second-order valence-corrected chi connectivity index (χ2v) is 6.21. The molecule has 1 aliphatic rings. The van der Waals surface area contributed by atoms with E-state index in [1.54, 1.807) is 0 Å². The Hall–Kier alpha value is -1.55. The number of likely N-dealkylation sites (tertiary alicyclic amines) is 1. The molecule has 0 spiro atoms. The van der Waals surface area contributed by atoms with Gasteiger partial charge in [0.2, 0.25) is 0 Å². The summed E-state index contributed by atoms with van der Waals surface area (Å²) in [6.07, 6.45) is 0.923. The van der Waals surface area contributed by atoms with Crippen LogP contribution in [-0.4, -0.2) is 42.2 Å². The molecule has 4 heteroatoms. The summed E-state index contributed by atoms with van der Waals surface area (Å²) >= 11 is 0. The highest BCUT2D eigenvalue weighted by atomic mass is 16.5. The number of ether oxygens (including phenoxy) is 1. The Morgan fingerprint density at radius 2 is 1.95 bits per heavy atom. The molecule has 0 radical (unpaired) electrons. The van der Waals surface area contributed by atoms with Gasteiger partial charge in [-0.25, -0.2) is 0 Å². The molecule has 1 saturated heterocycles. The molecule has 0 bridgehead atoms. The van der Waals surface area contributed by atoms with Crippen molar-refractivity contribution in [1.82, 2.24) is 4.90 Å². The highest BCUT2D eigenvalue weighted by molar-refractivity contribution is 5.71. The second-order valence-electron chi connectivity index (χ2n) is 6.21. The number of nitrogens with zero attached hydrogens (tertiary/aromatic N) is 1. The van der Waals surface area contributed by atoms with E-state index in [1.165, 1.54) is 11.1 Å². The van der Waals surface area contributed by atoms with E-state index in [2.05, 4.69) is 24.8 Å². The number of hydrogen-bond donors (Lipinski definition) is 1. The molecule has 0 amide bonds. The van der Waals surface area contributed by atoms with Crippen LogP contribution in [0.5, 0.6) is 5.75 Å². The van der Waals surface area contributed by atoms with Crippen LogP contribution >= 0.6 is 0 Å². The van der Waals surface area contributed by atoms with Crippen LogP contribution in [0.15, 0.2) is 18.2 Å². The zero-order valence-electron chi connectivity index (χ0n) is 13.1. The number of benzene rings is 1. The highest BCUT2D eigenvalue weighted by Crippen LogP contribution is 2.23. The Kier molecular flexibility index (Phi) is 5.23. The third kappa shape index (κ3) is 4.46. The number of carboxylic acids is 1. The third-order valence-corrected chi connectivity index (χ3v) is 4.09. The standard InChI is InChI=1S/C17H25NO3/c1-12-7-13(2)9-15(8-12)21-6-4-5-18-10-14(3)16(11-18)17(19)20/h7-9,14,16H,4-6,10-11H2,1-3H3,(H,19,20)/t14-,16-/m1/s1. The van der Waals surface area contributed by atoms with Gasteiger partial charge in [0.1, 0.15) is 5.75 Å². The van der Waals surface area contributed by atoms with Crippen molar-refractivity contribution in [2.75, 3.05) is 26.2 Å². The summed E-state index contributed by atoms with van der Waals surface area (Å²) in [6.45, 7) is 9.27. The number of aliphatic carboxylic acids is 1. The quantitative estimate of drug-likeness (QED) is 0.819. The van der Waals surface area contributed by atoms with Gasteiger partial charge in [0, 0.05) is 19.6 Å². The van der Waals surface area contributed by atoms with Gasteiger partial charge in [0.05, 0.1) is 12.5 Å². The van der Waals surface area contributed by atoms with Crippen molar-refractivity contribution in [2.24, 2.45) is 11.8 Å². The summed E-state index contributed by atoms with van der Waals surface area (Å²) in [5.41, 5.74) is 2.42. The van der Waals surface area contributed by atoms with Gasteiger partial charge >= 0.3 is 5.97 Å².